The SMILES string of the molecule is O=C(O)CCC(NC(=O)CCC[C@@H]1CCCC1I123CCC(C1)C2C3)C(=O)O. The van der Waals surface area contributed by atoms with Crippen LogP contribution in [0.3, 0.4) is 0 Å². The average molecular weight is 493 g/mol. The molecule has 0 aromatic rings. The Balaban J connectivity index is 1.23. The first-order valence-corrected chi connectivity index (χ1v) is 17.4. The van der Waals surface area contributed by atoms with E-state index in [1.165, 1.54) is 29.6 Å². The molecule has 7 heteroatoms. The predicted molar refractivity (Wildman–Crippen MR) is 112 cm³/mol. The number of carboxylic acid groups (broad SMARTS) is 2. The minimum absolute atomic E-state index is 0.0689. The van der Waals surface area contributed by atoms with Gasteiger partial charge in [-0.1, -0.05) is 0 Å². The first-order valence-electron chi connectivity index (χ1n) is 10.4. The number of halogens is 1. The van der Waals surface area contributed by atoms with E-state index in [0.717, 1.165) is 28.6 Å². The monoisotopic (exact) mass is 493 g/mol. The number of carbonyl (C=O) groups is 3. The van der Waals surface area contributed by atoms with Crippen molar-refractivity contribution in [1.82, 2.24) is 5.32 Å². The number of nitrogens with one attached hydrogen (secondary N) is 1. The molecule has 5 atom stereocenters. The number of rotatable bonds is 10. The number of hydrogen-bond donors (Lipinski definition) is 3. The summed E-state index contributed by atoms with van der Waals surface area (Å²) in [6.07, 6.45) is 7.65. The summed E-state index contributed by atoms with van der Waals surface area (Å²) in [6.45, 7) is 0. The van der Waals surface area contributed by atoms with E-state index in [0.29, 0.717) is 6.42 Å². The molecule has 27 heavy (non-hydrogen) atoms. The third-order valence-corrected chi connectivity index (χ3v) is 28.5. The number of aliphatic carboxylic acids is 2. The zero-order valence-corrected chi connectivity index (χ0v) is 18.0. The Morgan fingerprint density at radius 2 is 1.85 bits per heavy atom. The summed E-state index contributed by atoms with van der Waals surface area (Å²) in [5.41, 5.74) is 0. The Morgan fingerprint density at radius 1 is 1.04 bits per heavy atom. The molecule has 4 unspecified atom stereocenters. The van der Waals surface area contributed by atoms with Gasteiger partial charge in [0.05, 0.1) is 0 Å². The molecule has 1 spiro atoms. The van der Waals surface area contributed by atoms with Crippen LogP contribution in [0.4, 0.5) is 0 Å². The molecular formula is C20H32INO5. The molecule has 1 amide bonds. The van der Waals surface area contributed by atoms with E-state index in [1.807, 2.05) is 0 Å². The maximum atomic E-state index is 12.1. The summed E-state index contributed by atoms with van der Waals surface area (Å²) >= 11 is -1.94. The predicted octanol–water partition coefficient (Wildman–Crippen LogP) is 2.75. The van der Waals surface area contributed by atoms with Gasteiger partial charge in [0.15, 0.2) is 0 Å². The van der Waals surface area contributed by atoms with E-state index in [-0.39, 0.29) is 18.7 Å². The molecule has 5 aliphatic rings. The van der Waals surface area contributed by atoms with Gasteiger partial charge in [0.2, 0.25) is 0 Å². The zero-order valence-electron chi connectivity index (χ0n) is 15.9. The topological polar surface area (TPSA) is 104 Å². The number of fused-ring (bicyclic) bond motifs is 1. The van der Waals surface area contributed by atoms with Crippen LogP contribution >= 0.6 is 17.0 Å². The van der Waals surface area contributed by atoms with Gasteiger partial charge >= 0.3 is 162 Å². The van der Waals surface area contributed by atoms with Crippen molar-refractivity contribution in [3.05, 3.63) is 0 Å². The molecule has 5 rings (SSSR count). The Hall–Kier alpha value is -0.860. The van der Waals surface area contributed by atoms with Crippen LogP contribution in [0.15, 0.2) is 0 Å². The van der Waals surface area contributed by atoms with Gasteiger partial charge in [-0.3, -0.25) is 0 Å². The molecule has 2 bridgehead atoms. The summed E-state index contributed by atoms with van der Waals surface area (Å²) in [7, 11) is 0. The van der Waals surface area contributed by atoms with E-state index < -0.39 is 35.0 Å². The van der Waals surface area contributed by atoms with Crippen LogP contribution in [0.2, 0.25) is 0 Å². The van der Waals surface area contributed by atoms with Crippen LogP contribution in [-0.2, 0) is 14.4 Å². The Bertz CT molecular complexity index is 663. The van der Waals surface area contributed by atoms with Crippen molar-refractivity contribution < 1.29 is 24.6 Å². The van der Waals surface area contributed by atoms with Gasteiger partial charge in [-0.2, -0.15) is 0 Å². The molecule has 1 saturated carbocycles. The second-order valence-corrected chi connectivity index (χ2v) is 24.5. The fourth-order valence-corrected chi connectivity index (χ4v) is 34.1. The van der Waals surface area contributed by atoms with Crippen molar-refractivity contribution in [3.63, 3.8) is 0 Å². The van der Waals surface area contributed by atoms with Gasteiger partial charge in [0, 0.05) is 0 Å². The molecule has 154 valence electrons. The molecule has 6 nitrogen and oxygen atoms in total. The Kier molecular flexibility index (Phi) is 4.96. The summed E-state index contributed by atoms with van der Waals surface area (Å²) in [5, 5.41) is 20.4. The molecule has 4 heterocycles. The van der Waals surface area contributed by atoms with Crippen LogP contribution in [0.5, 0.6) is 0 Å². The second-order valence-electron chi connectivity index (χ2n) is 9.17. The van der Waals surface area contributed by atoms with Crippen LogP contribution in [0, 0.1) is 11.8 Å². The van der Waals surface area contributed by atoms with E-state index in [1.54, 1.807) is 13.3 Å². The number of alkyl halides is 5. The van der Waals surface area contributed by atoms with Gasteiger partial charge in [0.1, 0.15) is 0 Å². The van der Waals surface area contributed by atoms with Gasteiger partial charge in [0.25, 0.3) is 0 Å². The summed E-state index contributed by atoms with van der Waals surface area (Å²) in [4.78, 5) is 34.0. The molecule has 4 aliphatic heterocycles. The third kappa shape index (κ3) is 3.17. The summed E-state index contributed by atoms with van der Waals surface area (Å²) < 4.78 is 7.19. The van der Waals surface area contributed by atoms with E-state index in [4.69, 9.17) is 10.2 Å². The molecule has 1 aliphatic carbocycles. The first-order chi connectivity index (χ1) is 12.8. The van der Waals surface area contributed by atoms with Crippen LogP contribution in [0.1, 0.15) is 57.8 Å². The molecule has 3 N–H and O–H groups in total. The second kappa shape index (κ2) is 6.88. The number of carbonyl (C=O) groups excluding carboxylic acids is 1. The fourth-order valence-electron chi connectivity index (χ4n) is 6.58. The van der Waals surface area contributed by atoms with Crippen molar-refractivity contribution in [3.8, 4) is 0 Å². The molecule has 0 radical (unpaired) electrons. The van der Waals surface area contributed by atoms with E-state index in [2.05, 4.69) is 5.32 Å². The van der Waals surface area contributed by atoms with Gasteiger partial charge in [-0.15, -0.1) is 0 Å². The van der Waals surface area contributed by atoms with Gasteiger partial charge in [-0.05, 0) is 0 Å². The van der Waals surface area contributed by atoms with Gasteiger partial charge < -0.3 is 0 Å². The Labute approximate surface area is 161 Å². The summed E-state index contributed by atoms with van der Waals surface area (Å²) in [5.74, 6) is -0.542. The van der Waals surface area contributed by atoms with Crippen molar-refractivity contribution in [2.24, 2.45) is 11.8 Å². The number of amides is 1. The normalized spacial score (nSPS) is 36.5. The third-order valence-electron chi connectivity index (χ3n) is 7.85. The quantitative estimate of drug-likeness (QED) is 0.321. The average Bonchev–Trinajstić information content (AvgIpc) is 3.08. The Morgan fingerprint density at radius 3 is 2.44 bits per heavy atom. The van der Waals surface area contributed by atoms with Crippen molar-refractivity contribution in [1.29, 1.82) is 0 Å². The number of carboxylic acids is 2. The standard InChI is InChI=1S/C20H32INO5/c23-18(22-17(20(26)27)7-8-19(24)25)6-2-4-13-3-1-5-15(13)21-10-9-14(11-21)16(21)12-21/h13-17H,1-12H2,(H,22,23)(H,24,25)(H,26,27)/t13-,14?,15?,16?,17?/m0/s1. The van der Waals surface area contributed by atoms with Crippen LogP contribution in [-0.4, -0.2) is 55.2 Å². The molecule has 4 saturated heterocycles. The zero-order chi connectivity index (χ0) is 19.3. The number of hydrogen-bond acceptors (Lipinski definition) is 3. The van der Waals surface area contributed by atoms with Crippen molar-refractivity contribution in [2.45, 2.75) is 71.7 Å². The first kappa shape index (κ1) is 19.5. The van der Waals surface area contributed by atoms with E-state index >= 15 is 0 Å². The fraction of sp³-hybridized carbons (Fsp3) is 0.850. The maximum absolute atomic E-state index is 12.1. The van der Waals surface area contributed by atoms with Crippen molar-refractivity contribution in [2.75, 3.05) is 13.3 Å². The van der Waals surface area contributed by atoms with Gasteiger partial charge in [-0.25, -0.2) is 0 Å². The van der Waals surface area contributed by atoms with Crippen LogP contribution < -0.4 is 5.32 Å². The van der Waals surface area contributed by atoms with E-state index in [9.17, 15) is 14.4 Å². The molecule has 5 fully saturated rings. The molecule has 0 aromatic heterocycles. The molecular weight excluding hydrogens is 461 g/mol. The molecule has 0 aromatic carbocycles. The van der Waals surface area contributed by atoms with Crippen molar-refractivity contribution >= 4 is 34.9 Å². The minimum atomic E-state index is -1.94. The van der Waals surface area contributed by atoms with Crippen LogP contribution in [0.25, 0.3) is 0 Å². The summed E-state index contributed by atoms with van der Waals surface area (Å²) in [6, 6.07) is -1.10.